The molecule has 2 aromatic rings. The highest BCUT2D eigenvalue weighted by Crippen LogP contribution is 2.17. The number of aryl methyl sites for hydroxylation is 2. The molecule has 2 aromatic heterocycles. The van der Waals surface area contributed by atoms with Crippen molar-refractivity contribution < 1.29 is 0 Å². The van der Waals surface area contributed by atoms with Crippen LogP contribution in [-0.4, -0.2) is 14.8 Å². The summed E-state index contributed by atoms with van der Waals surface area (Å²) in [5.41, 5.74) is 5.22. The normalized spacial score (nSPS) is 12.6. The van der Waals surface area contributed by atoms with Crippen LogP contribution in [0.5, 0.6) is 0 Å². The maximum atomic E-state index is 5.58. The predicted molar refractivity (Wildman–Crippen MR) is 65.8 cm³/mol. The summed E-state index contributed by atoms with van der Waals surface area (Å²) in [6.45, 7) is 0. The molecule has 1 atom stereocenters. The van der Waals surface area contributed by atoms with Crippen molar-refractivity contribution in [2.45, 2.75) is 18.9 Å². The molecule has 0 radical (unpaired) electrons. The van der Waals surface area contributed by atoms with Crippen molar-refractivity contribution in [2.75, 3.05) is 0 Å². The van der Waals surface area contributed by atoms with Crippen LogP contribution in [0.25, 0.3) is 0 Å². The summed E-state index contributed by atoms with van der Waals surface area (Å²) in [4.78, 5) is 4.00. The highest BCUT2D eigenvalue weighted by Gasteiger charge is 2.09. The van der Waals surface area contributed by atoms with E-state index in [9.17, 15) is 0 Å². The average molecular weight is 231 g/mol. The van der Waals surface area contributed by atoms with E-state index in [1.54, 1.807) is 12.4 Å². The van der Waals surface area contributed by atoms with Crippen molar-refractivity contribution in [3.8, 4) is 0 Å². The van der Waals surface area contributed by atoms with E-state index in [0.29, 0.717) is 0 Å². The third kappa shape index (κ3) is 3.12. The van der Waals surface area contributed by atoms with E-state index in [-0.39, 0.29) is 6.04 Å². The largest absolute Gasteiger partial charge is 0.276 e. The maximum absolute atomic E-state index is 5.58. The van der Waals surface area contributed by atoms with Crippen LogP contribution in [0.3, 0.4) is 0 Å². The van der Waals surface area contributed by atoms with Crippen LogP contribution in [0.2, 0.25) is 0 Å². The fourth-order valence-corrected chi connectivity index (χ4v) is 1.85. The summed E-state index contributed by atoms with van der Waals surface area (Å²) in [6, 6.07) is 4.11. The second kappa shape index (κ2) is 5.56. The van der Waals surface area contributed by atoms with E-state index < -0.39 is 0 Å². The molecule has 2 rings (SSSR count). The van der Waals surface area contributed by atoms with Crippen molar-refractivity contribution in [2.24, 2.45) is 12.9 Å². The molecular formula is C12H17N5. The number of hydrogen-bond donors (Lipinski definition) is 2. The molecule has 0 aliphatic rings. The van der Waals surface area contributed by atoms with Gasteiger partial charge >= 0.3 is 0 Å². The Kier molecular flexibility index (Phi) is 3.85. The summed E-state index contributed by atoms with van der Waals surface area (Å²) in [5, 5.41) is 4.15. The zero-order valence-electron chi connectivity index (χ0n) is 9.87. The fraction of sp³-hybridized carbons (Fsp3) is 0.333. The zero-order valence-corrected chi connectivity index (χ0v) is 9.87. The molecule has 90 valence electrons. The first-order valence-corrected chi connectivity index (χ1v) is 5.63. The van der Waals surface area contributed by atoms with Crippen LogP contribution in [0.1, 0.15) is 23.6 Å². The molecule has 3 N–H and O–H groups in total. The molecule has 5 heteroatoms. The molecule has 0 saturated carbocycles. The summed E-state index contributed by atoms with van der Waals surface area (Å²) in [6.07, 6.45) is 9.37. The third-order valence-corrected chi connectivity index (χ3v) is 2.79. The second-order valence-corrected chi connectivity index (χ2v) is 4.06. The fourth-order valence-electron chi connectivity index (χ4n) is 1.85. The van der Waals surface area contributed by atoms with Crippen molar-refractivity contribution in [1.82, 2.24) is 20.2 Å². The Morgan fingerprint density at radius 1 is 1.41 bits per heavy atom. The molecule has 0 fully saturated rings. The minimum absolute atomic E-state index is 0.151. The Bertz CT molecular complexity index is 451. The molecule has 5 nitrogen and oxygen atoms in total. The first kappa shape index (κ1) is 11.8. The van der Waals surface area contributed by atoms with Gasteiger partial charge in [0.25, 0.3) is 0 Å². The topological polar surface area (TPSA) is 68.8 Å². The molecule has 0 bridgehead atoms. The number of nitrogens with zero attached hydrogens (tertiary/aromatic N) is 3. The zero-order chi connectivity index (χ0) is 12.1. The lowest BCUT2D eigenvalue weighted by atomic mass is 10.0. The minimum Gasteiger partial charge on any atom is -0.276 e. The van der Waals surface area contributed by atoms with Crippen LogP contribution in [-0.2, 0) is 13.5 Å². The highest BCUT2D eigenvalue weighted by molar-refractivity contribution is 5.15. The van der Waals surface area contributed by atoms with Gasteiger partial charge in [0, 0.05) is 31.7 Å². The lowest BCUT2D eigenvalue weighted by molar-refractivity contribution is 0.516. The monoisotopic (exact) mass is 231 g/mol. The van der Waals surface area contributed by atoms with Crippen LogP contribution in [0.4, 0.5) is 0 Å². The number of hydrogen-bond acceptors (Lipinski definition) is 4. The Hall–Kier alpha value is -1.72. The maximum Gasteiger partial charge on any atom is 0.0521 e. The Balaban J connectivity index is 1.97. The van der Waals surface area contributed by atoms with E-state index in [0.717, 1.165) is 18.4 Å². The smallest absolute Gasteiger partial charge is 0.0521 e. The van der Waals surface area contributed by atoms with Crippen molar-refractivity contribution in [3.63, 3.8) is 0 Å². The second-order valence-electron chi connectivity index (χ2n) is 4.06. The molecule has 0 aliphatic carbocycles. The van der Waals surface area contributed by atoms with E-state index in [1.807, 2.05) is 36.3 Å². The van der Waals surface area contributed by atoms with Gasteiger partial charge in [0.1, 0.15) is 0 Å². The standard InChI is InChI=1S/C12H17N5/c1-17-9-10(8-15-17)2-3-12(16-13)11-4-6-14-7-5-11/h4-9,12,16H,2-3,13H2,1H3. The van der Waals surface area contributed by atoms with E-state index in [1.165, 1.54) is 5.56 Å². The van der Waals surface area contributed by atoms with Gasteiger partial charge in [-0.1, -0.05) is 0 Å². The van der Waals surface area contributed by atoms with Crippen molar-refractivity contribution >= 4 is 0 Å². The van der Waals surface area contributed by atoms with Gasteiger partial charge in [-0.3, -0.25) is 20.9 Å². The SMILES string of the molecule is Cn1cc(CCC(NN)c2ccncc2)cn1. The van der Waals surface area contributed by atoms with Gasteiger partial charge in [-0.15, -0.1) is 0 Å². The Morgan fingerprint density at radius 2 is 2.18 bits per heavy atom. The molecular weight excluding hydrogens is 214 g/mol. The lowest BCUT2D eigenvalue weighted by Gasteiger charge is -2.15. The van der Waals surface area contributed by atoms with Gasteiger partial charge in [-0.2, -0.15) is 5.10 Å². The number of nitrogens with one attached hydrogen (secondary N) is 1. The Morgan fingerprint density at radius 3 is 2.76 bits per heavy atom. The third-order valence-electron chi connectivity index (χ3n) is 2.79. The first-order valence-electron chi connectivity index (χ1n) is 5.63. The van der Waals surface area contributed by atoms with Gasteiger partial charge in [-0.05, 0) is 36.1 Å². The number of aromatic nitrogens is 3. The minimum atomic E-state index is 0.151. The van der Waals surface area contributed by atoms with Gasteiger partial charge in [0.15, 0.2) is 0 Å². The molecule has 2 heterocycles. The predicted octanol–water partition coefficient (Wildman–Crippen LogP) is 0.952. The van der Waals surface area contributed by atoms with Crippen LogP contribution in [0.15, 0.2) is 36.9 Å². The lowest BCUT2D eigenvalue weighted by Crippen LogP contribution is -2.28. The van der Waals surface area contributed by atoms with Crippen LogP contribution in [0, 0.1) is 0 Å². The van der Waals surface area contributed by atoms with Gasteiger partial charge in [-0.25, -0.2) is 0 Å². The number of pyridine rings is 1. The number of nitrogens with two attached hydrogens (primary N) is 1. The van der Waals surface area contributed by atoms with E-state index >= 15 is 0 Å². The van der Waals surface area contributed by atoms with Gasteiger partial charge in [0.05, 0.1) is 6.20 Å². The molecule has 0 aromatic carbocycles. The molecule has 1 unspecified atom stereocenters. The Labute approximate surface area is 101 Å². The summed E-state index contributed by atoms with van der Waals surface area (Å²) in [7, 11) is 1.92. The summed E-state index contributed by atoms with van der Waals surface area (Å²) in [5.74, 6) is 5.58. The van der Waals surface area contributed by atoms with Crippen molar-refractivity contribution in [3.05, 3.63) is 48.0 Å². The van der Waals surface area contributed by atoms with E-state index in [4.69, 9.17) is 5.84 Å². The summed E-state index contributed by atoms with van der Waals surface area (Å²) < 4.78 is 1.81. The molecule has 0 saturated heterocycles. The first-order chi connectivity index (χ1) is 8.29. The van der Waals surface area contributed by atoms with Gasteiger partial charge < -0.3 is 0 Å². The number of hydrazine groups is 1. The van der Waals surface area contributed by atoms with Crippen LogP contribution >= 0.6 is 0 Å². The molecule has 17 heavy (non-hydrogen) atoms. The van der Waals surface area contributed by atoms with E-state index in [2.05, 4.69) is 15.5 Å². The average Bonchev–Trinajstić information content (AvgIpc) is 2.77. The molecule has 0 amide bonds. The van der Waals surface area contributed by atoms with Crippen molar-refractivity contribution in [1.29, 1.82) is 0 Å². The van der Waals surface area contributed by atoms with Gasteiger partial charge in [0.2, 0.25) is 0 Å². The highest BCUT2D eigenvalue weighted by atomic mass is 15.2. The number of rotatable bonds is 5. The molecule has 0 aliphatic heterocycles. The van der Waals surface area contributed by atoms with Crippen LogP contribution < -0.4 is 11.3 Å². The summed E-state index contributed by atoms with van der Waals surface area (Å²) >= 11 is 0. The quantitative estimate of drug-likeness (QED) is 0.594. The molecule has 0 spiro atoms.